The maximum absolute atomic E-state index is 4.40. The Morgan fingerprint density at radius 2 is 1.83 bits per heavy atom. The molecule has 0 bridgehead atoms. The first-order valence-corrected chi connectivity index (χ1v) is 6.48. The number of aromatic nitrogens is 2. The predicted molar refractivity (Wildman–Crippen MR) is 78.3 cm³/mol. The van der Waals surface area contributed by atoms with Crippen LogP contribution in [-0.4, -0.2) is 17.2 Å². The highest BCUT2D eigenvalue weighted by atomic mass is 79.9. The van der Waals surface area contributed by atoms with Crippen LogP contribution >= 0.6 is 15.9 Å². The number of para-hydroxylation sites is 1. The summed E-state index contributed by atoms with van der Waals surface area (Å²) in [5.41, 5.74) is 2.14. The second-order valence-corrected chi connectivity index (χ2v) is 4.96. The van der Waals surface area contributed by atoms with Crippen LogP contribution < -0.4 is 4.90 Å². The first kappa shape index (κ1) is 11.3. The van der Waals surface area contributed by atoms with Crippen molar-refractivity contribution in [1.82, 2.24) is 10.2 Å². The van der Waals surface area contributed by atoms with E-state index in [1.807, 2.05) is 43.4 Å². The quantitative estimate of drug-likeness (QED) is 0.773. The fraction of sp³-hybridized carbons (Fsp3) is 0.0714. The van der Waals surface area contributed by atoms with E-state index in [4.69, 9.17) is 0 Å². The van der Waals surface area contributed by atoms with Gasteiger partial charge in [-0.15, -0.1) is 0 Å². The van der Waals surface area contributed by atoms with Crippen molar-refractivity contribution in [1.29, 1.82) is 0 Å². The van der Waals surface area contributed by atoms with E-state index in [0.717, 1.165) is 26.9 Å². The summed E-state index contributed by atoms with van der Waals surface area (Å²) in [6, 6.07) is 16.2. The van der Waals surface area contributed by atoms with E-state index < -0.39 is 0 Å². The van der Waals surface area contributed by atoms with Crippen LogP contribution in [0.4, 0.5) is 11.5 Å². The number of anilines is 2. The van der Waals surface area contributed by atoms with E-state index in [9.17, 15) is 0 Å². The summed E-state index contributed by atoms with van der Waals surface area (Å²) in [7, 11) is 2.02. The van der Waals surface area contributed by atoms with Crippen LogP contribution in [0.3, 0.4) is 0 Å². The molecular weight excluding hydrogens is 290 g/mol. The molecule has 0 saturated heterocycles. The molecule has 3 nitrogen and oxygen atoms in total. The standard InChI is InChI=1S/C14H12BrN3/c1-18(10-6-3-2-4-7-10)14-13-11(15)8-5-9-12(13)16-17-14/h2-9H,1H3,(H,16,17). The summed E-state index contributed by atoms with van der Waals surface area (Å²) in [4.78, 5) is 2.07. The summed E-state index contributed by atoms with van der Waals surface area (Å²) in [6.07, 6.45) is 0. The summed E-state index contributed by atoms with van der Waals surface area (Å²) in [5.74, 6) is 0.920. The van der Waals surface area contributed by atoms with Crippen molar-refractivity contribution in [3.63, 3.8) is 0 Å². The Morgan fingerprint density at radius 1 is 1.06 bits per heavy atom. The van der Waals surface area contributed by atoms with Crippen molar-refractivity contribution in [2.45, 2.75) is 0 Å². The number of halogens is 1. The van der Waals surface area contributed by atoms with Gasteiger partial charge in [-0.1, -0.05) is 24.3 Å². The van der Waals surface area contributed by atoms with Crippen molar-refractivity contribution < 1.29 is 0 Å². The topological polar surface area (TPSA) is 31.9 Å². The van der Waals surface area contributed by atoms with Crippen LogP contribution in [-0.2, 0) is 0 Å². The number of hydrogen-bond donors (Lipinski definition) is 1. The molecule has 0 radical (unpaired) electrons. The average molecular weight is 302 g/mol. The second-order valence-electron chi connectivity index (χ2n) is 4.10. The molecule has 3 rings (SSSR count). The number of aromatic amines is 1. The largest absolute Gasteiger partial charge is 0.327 e. The number of hydrogen-bond acceptors (Lipinski definition) is 2. The van der Waals surface area contributed by atoms with Crippen molar-refractivity contribution in [3.8, 4) is 0 Å². The van der Waals surface area contributed by atoms with Crippen LogP contribution in [0.1, 0.15) is 0 Å². The Morgan fingerprint density at radius 3 is 2.61 bits per heavy atom. The van der Waals surface area contributed by atoms with E-state index in [2.05, 4.69) is 43.2 Å². The molecule has 0 unspecified atom stereocenters. The Kier molecular flexibility index (Phi) is 2.80. The van der Waals surface area contributed by atoms with Gasteiger partial charge in [0.05, 0.1) is 10.9 Å². The van der Waals surface area contributed by atoms with Crippen molar-refractivity contribution in [3.05, 3.63) is 53.0 Å². The third-order valence-corrected chi connectivity index (χ3v) is 3.64. The summed E-state index contributed by atoms with van der Waals surface area (Å²) in [5, 5.41) is 8.56. The summed E-state index contributed by atoms with van der Waals surface area (Å²) < 4.78 is 1.05. The van der Waals surface area contributed by atoms with Gasteiger partial charge in [-0.05, 0) is 40.2 Å². The molecule has 2 aromatic carbocycles. The summed E-state index contributed by atoms with van der Waals surface area (Å²) >= 11 is 3.58. The fourth-order valence-corrected chi connectivity index (χ4v) is 2.57. The number of nitrogens with one attached hydrogen (secondary N) is 1. The predicted octanol–water partition coefficient (Wildman–Crippen LogP) is 4.09. The third-order valence-electron chi connectivity index (χ3n) is 2.98. The number of fused-ring (bicyclic) bond motifs is 1. The zero-order valence-corrected chi connectivity index (χ0v) is 11.5. The first-order chi connectivity index (χ1) is 8.77. The molecule has 0 aliphatic rings. The van der Waals surface area contributed by atoms with Crippen LogP contribution in [0.25, 0.3) is 10.9 Å². The maximum atomic E-state index is 4.40. The van der Waals surface area contributed by atoms with Gasteiger partial charge < -0.3 is 4.90 Å². The molecule has 3 aromatic rings. The van der Waals surface area contributed by atoms with E-state index in [0.29, 0.717) is 0 Å². The Balaban J connectivity index is 2.15. The van der Waals surface area contributed by atoms with Crippen molar-refractivity contribution in [2.75, 3.05) is 11.9 Å². The SMILES string of the molecule is CN(c1ccccc1)c1n[nH]c2cccc(Br)c12. The molecule has 0 fully saturated rings. The smallest absolute Gasteiger partial charge is 0.163 e. The Labute approximate surface area is 114 Å². The fourth-order valence-electron chi connectivity index (χ4n) is 2.03. The highest BCUT2D eigenvalue weighted by Gasteiger charge is 2.13. The van der Waals surface area contributed by atoms with Gasteiger partial charge in [0, 0.05) is 17.2 Å². The lowest BCUT2D eigenvalue weighted by molar-refractivity contribution is 1.06. The molecule has 0 aliphatic heterocycles. The van der Waals surface area contributed by atoms with Crippen molar-refractivity contribution in [2.24, 2.45) is 0 Å². The van der Waals surface area contributed by atoms with E-state index >= 15 is 0 Å². The third kappa shape index (κ3) is 1.78. The van der Waals surface area contributed by atoms with Crippen LogP contribution in [0, 0.1) is 0 Å². The average Bonchev–Trinajstić information content (AvgIpc) is 2.84. The summed E-state index contributed by atoms with van der Waals surface area (Å²) in [6.45, 7) is 0. The minimum atomic E-state index is 0.920. The minimum Gasteiger partial charge on any atom is -0.327 e. The number of H-pyrrole nitrogens is 1. The number of rotatable bonds is 2. The van der Waals surface area contributed by atoms with Gasteiger partial charge in [0.1, 0.15) is 0 Å². The minimum absolute atomic E-state index is 0.920. The van der Waals surface area contributed by atoms with E-state index in [-0.39, 0.29) is 0 Å². The molecule has 0 atom stereocenters. The molecule has 90 valence electrons. The molecule has 1 heterocycles. The molecule has 1 aromatic heterocycles. The van der Waals surface area contributed by atoms with Gasteiger partial charge in [0.2, 0.25) is 0 Å². The van der Waals surface area contributed by atoms with Gasteiger partial charge in [-0.3, -0.25) is 5.10 Å². The van der Waals surface area contributed by atoms with Gasteiger partial charge in [-0.2, -0.15) is 5.10 Å². The second kappa shape index (κ2) is 4.46. The molecule has 1 N–H and O–H groups in total. The van der Waals surface area contributed by atoms with Crippen LogP contribution in [0.15, 0.2) is 53.0 Å². The normalized spacial score (nSPS) is 10.8. The lowest BCUT2D eigenvalue weighted by Crippen LogP contribution is -2.10. The molecule has 0 amide bonds. The molecule has 0 spiro atoms. The molecule has 0 aliphatic carbocycles. The molecular formula is C14H12BrN3. The number of benzene rings is 2. The Bertz CT molecular complexity index is 676. The zero-order valence-electron chi connectivity index (χ0n) is 9.89. The first-order valence-electron chi connectivity index (χ1n) is 5.69. The highest BCUT2D eigenvalue weighted by Crippen LogP contribution is 2.33. The van der Waals surface area contributed by atoms with Crippen molar-refractivity contribution >= 4 is 38.3 Å². The molecule has 0 saturated carbocycles. The van der Waals surface area contributed by atoms with E-state index in [1.165, 1.54) is 0 Å². The highest BCUT2D eigenvalue weighted by molar-refractivity contribution is 9.10. The van der Waals surface area contributed by atoms with Gasteiger partial charge in [-0.25, -0.2) is 0 Å². The Hall–Kier alpha value is -1.81. The van der Waals surface area contributed by atoms with Gasteiger partial charge >= 0.3 is 0 Å². The van der Waals surface area contributed by atoms with Gasteiger partial charge in [0.25, 0.3) is 0 Å². The zero-order chi connectivity index (χ0) is 12.5. The van der Waals surface area contributed by atoms with Crippen LogP contribution in [0.5, 0.6) is 0 Å². The van der Waals surface area contributed by atoms with E-state index in [1.54, 1.807) is 0 Å². The lowest BCUT2D eigenvalue weighted by Gasteiger charge is -2.17. The monoisotopic (exact) mass is 301 g/mol. The molecule has 4 heteroatoms. The van der Waals surface area contributed by atoms with Gasteiger partial charge in [0.15, 0.2) is 5.82 Å². The van der Waals surface area contributed by atoms with Crippen LogP contribution in [0.2, 0.25) is 0 Å². The molecule has 18 heavy (non-hydrogen) atoms. The maximum Gasteiger partial charge on any atom is 0.163 e. The number of nitrogens with zero attached hydrogens (tertiary/aromatic N) is 2. The lowest BCUT2D eigenvalue weighted by atomic mass is 10.2.